The second-order valence-electron chi connectivity index (χ2n) is 5.98. The van der Waals surface area contributed by atoms with Gasteiger partial charge in [0.15, 0.2) is 5.11 Å². The van der Waals surface area contributed by atoms with E-state index in [1.165, 1.54) is 12.0 Å². The highest BCUT2D eigenvalue weighted by molar-refractivity contribution is 7.80. The van der Waals surface area contributed by atoms with Gasteiger partial charge in [0.1, 0.15) is 5.75 Å². The fraction of sp³-hybridized carbons (Fsp3) is 0.400. The van der Waals surface area contributed by atoms with Crippen LogP contribution in [0.15, 0.2) is 41.8 Å². The van der Waals surface area contributed by atoms with E-state index >= 15 is 0 Å². The van der Waals surface area contributed by atoms with E-state index in [-0.39, 0.29) is 5.97 Å². The van der Waals surface area contributed by atoms with Crippen molar-refractivity contribution in [3.05, 3.63) is 46.7 Å². The molecule has 2 rings (SSSR count). The van der Waals surface area contributed by atoms with Crippen molar-refractivity contribution >= 4 is 40.3 Å². The second kappa shape index (κ2) is 11.6. The highest BCUT2D eigenvalue weighted by Gasteiger charge is 2.13. The molecule has 0 aliphatic carbocycles. The van der Waals surface area contributed by atoms with Gasteiger partial charge in [-0.2, -0.15) is 0 Å². The molecular formula is C20H26N2O3S2. The Bertz CT molecular complexity index is 703. The number of thiocarbonyl (C=S) groups is 1. The molecule has 0 amide bonds. The molecular weight excluding hydrogens is 380 g/mol. The van der Waals surface area contributed by atoms with Crippen LogP contribution in [0.4, 0.5) is 5.69 Å². The summed E-state index contributed by atoms with van der Waals surface area (Å²) in [5.74, 6) is 0.666. The van der Waals surface area contributed by atoms with Crippen molar-refractivity contribution in [3.8, 4) is 5.75 Å². The van der Waals surface area contributed by atoms with Gasteiger partial charge in [-0.05, 0) is 60.8 Å². The average molecular weight is 407 g/mol. The number of nitrogens with one attached hydrogen (secondary N) is 1. The van der Waals surface area contributed by atoms with Gasteiger partial charge in [-0.1, -0.05) is 12.5 Å². The minimum atomic E-state index is -0.153. The number of ether oxygens (including phenoxy) is 2. The number of esters is 1. The van der Waals surface area contributed by atoms with Crippen LogP contribution in [0.3, 0.4) is 0 Å². The highest BCUT2D eigenvalue weighted by atomic mass is 32.1. The number of unbranched alkanes of at least 4 members (excludes halogenated alkanes) is 2. The lowest BCUT2D eigenvalue weighted by molar-refractivity contribution is -0.140. The van der Waals surface area contributed by atoms with E-state index in [0.29, 0.717) is 11.5 Å². The fourth-order valence-corrected chi connectivity index (χ4v) is 3.53. The molecule has 0 saturated heterocycles. The van der Waals surface area contributed by atoms with Crippen molar-refractivity contribution in [2.24, 2.45) is 0 Å². The summed E-state index contributed by atoms with van der Waals surface area (Å²) in [6, 6.07) is 12.0. The molecule has 1 aromatic carbocycles. The zero-order valence-corrected chi connectivity index (χ0v) is 17.4. The van der Waals surface area contributed by atoms with Crippen molar-refractivity contribution < 1.29 is 14.3 Å². The number of hydrogen-bond donors (Lipinski definition) is 1. The number of carbonyl (C=O) groups is 1. The first-order valence-corrected chi connectivity index (χ1v) is 10.2. The van der Waals surface area contributed by atoms with E-state index in [2.05, 4.69) is 26.4 Å². The van der Waals surface area contributed by atoms with Gasteiger partial charge in [0, 0.05) is 23.5 Å². The number of rotatable bonds is 10. The number of nitrogens with zero attached hydrogens (tertiary/aromatic N) is 1. The monoisotopic (exact) mass is 406 g/mol. The molecule has 1 aromatic heterocycles. The number of benzene rings is 1. The summed E-state index contributed by atoms with van der Waals surface area (Å²) < 4.78 is 9.90. The number of carbonyl (C=O) groups excluding carboxylic acids is 1. The first-order chi connectivity index (χ1) is 13.1. The second-order valence-corrected chi connectivity index (χ2v) is 7.40. The van der Waals surface area contributed by atoms with Crippen LogP contribution in [0.5, 0.6) is 5.75 Å². The minimum Gasteiger partial charge on any atom is -0.497 e. The molecule has 0 atom stereocenters. The summed E-state index contributed by atoms with van der Waals surface area (Å²) in [7, 11) is 3.08. The lowest BCUT2D eigenvalue weighted by atomic mass is 10.2. The molecule has 0 unspecified atom stereocenters. The van der Waals surface area contributed by atoms with E-state index in [0.717, 1.165) is 43.8 Å². The van der Waals surface area contributed by atoms with E-state index in [1.54, 1.807) is 18.4 Å². The fourth-order valence-electron chi connectivity index (χ4n) is 2.56. The maximum Gasteiger partial charge on any atom is 0.305 e. The van der Waals surface area contributed by atoms with Crippen molar-refractivity contribution in [1.29, 1.82) is 0 Å². The maximum atomic E-state index is 11.1. The van der Waals surface area contributed by atoms with E-state index in [9.17, 15) is 4.79 Å². The van der Waals surface area contributed by atoms with Crippen LogP contribution in [0, 0.1) is 0 Å². The van der Waals surface area contributed by atoms with Crippen LogP contribution in [-0.2, 0) is 16.1 Å². The van der Waals surface area contributed by atoms with Crippen LogP contribution >= 0.6 is 23.6 Å². The molecule has 2 aromatic rings. The number of anilines is 1. The summed E-state index contributed by atoms with van der Waals surface area (Å²) in [6.07, 6.45) is 3.21. The Morgan fingerprint density at radius 1 is 1.15 bits per heavy atom. The predicted molar refractivity (Wildman–Crippen MR) is 115 cm³/mol. The van der Waals surface area contributed by atoms with Gasteiger partial charge in [-0.15, -0.1) is 11.3 Å². The topological polar surface area (TPSA) is 50.8 Å². The van der Waals surface area contributed by atoms with Gasteiger partial charge in [-0.3, -0.25) is 4.79 Å². The molecule has 7 heteroatoms. The molecule has 0 bridgehead atoms. The minimum absolute atomic E-state index is 0.153. The molecule has 146 valence electrons. The number of methoxy groups -OCH3 is 2. The zero-order valence-electron chi connectivity index (χ0n) is 15.8. The SMILES string of the molecule is COC(=O)CCCCCNC(=S)N(Cc1cccs1)c1ccc(OC)cc1. The summed E-state index contributed by atoms with van der Waals surface area (Å²) in [6.45, 7) is 1.50. The molecule has 0 spiro atoms. The summed E-state index contributed by atoms with van der Waals surface area (Å²) in [5.41, 5.74) is 1.02. The zero-order chi connectivity index (χ0) is 19.5. The molecule has 0 aliphatic rings. The third-order valence-electron chi connectivity index (χ3n) is 4.08. The predicted octanol–water partition coefficient (Wildman–Crippen LogP) is 4.37. The van der Waals surface area contributed by atoms with Gasteiger partial charge < -0.3 is 19.7 Å². The molecule has 1 N–H and O–H groups in total. The summed E-state index contributed by atoms with van der Waals surface area (Å²) in [5, 5.41) is 6.10. The standard InChI is InChI=1S/C20H26N2O3S2/c1-24-17-11-9-16(10-12-17)22(15-18-7-6-14-27-18)20(26)21-13-5-3-4-8-19(23)25-2/h6-7,9-12,14H,3-5,8,13,15H2,1-2H3,(H,21,26). The molecule has 0 radical (unpaired) electrons. The Morgan fingerprint density at radius 3 is 2.56 bits per heavy atom. The molecule has 27 heavy (non-hydrogen) atoms. The Labute approximate surface area is 170 Å². The van der Waals surface area contributed by atoms with Crippen LogP contribution < -0.4 is 15.0 Å². The van der Waals surface area contributed by atoms with Crippen LogP contribution in [-0.4, -0.2) is 31.8 Å². The van der Waals surface area contributed by atoms with Gasteiger partial charge in [0.2, 0.25) is 0 Å². The van der Waals surface area contributed by atoms with Gasteiger partial charge in [0.05, 0.1) is 20.8 Å². The van der Waals surface area contributed by atoms with Crippen molar-refractivity contribution in [1.82, 2.24) is 5.32 Å². The Balaban J connectivity index is 1.89. The van der Waals surface area contributed by atoms with Crippen LogP contribution in [0.25, 0.3) is 0 Å². The Morgan fingerprint density at radius 2 is 1.93 bits per heavy atom. The molecule has 5 nitrogen and oxygen atoms in total. The van der Waals surface area contributed by atoms with Gasteiger partial charge in [0.25, 0.3) is 0 Å². The van der Waals surface area contributed by atoms with Gasteiger partial charge >= 0.3 is 5.97 Å². The quantitative estimate of drug-likeness (QED) is 0.359. The molecule has 0 fully saturated rings. The molecule has 0 aliphatic heterocycles. The number of thiophene rings is 1. The summed E-state index contributed by atoms with van der Waals surface area (Å²) >= 11 is 7.36. The van der Waals surface area contributed by atoms with Crippen molar-refractivity contribution in [3.63, 3.8) is 0 Å². The van der Waals surface area contributed by atoms with E-state index in [4.69, 9.17) is 17.0 Å². The van der Waals surface area contributed by atoms with Gasteiger partial charge in [-0.25, -0.2) is 0 Å². The van der Waals surface area contributed by atoms with E-state index < -0.39 is 0 Å². The Hall–Kier alpha value is -2.12. The first-order valence-electron chi connectivity index (χ1n) is 8.92. The third kappa shape index (κ3) is 7.19. The van der Waals surface area contributed by atoms with Crippen molar-refractivity contribution in [2.45, 2.75) is 32.2 Å². The van der Waals surface area contributed by atoms with E-state index in [1.807, 2.05) is 30.3 Å². The van der Waals surface area contributed by atoms with Crippen LogP contribution in [0.2, 0.25) is 0 Å². The lowest BCUT2D eigenvalue weighted by Crippen LogP contribution is -2.39. The molecule has 1 heterocycles. The lowest BCUT2D eigenvalue weighted by Gasteiger charge is -2.26. The van der Waals surface area contributed by atoms with Crippen molar-refractivity contribution in [2.75, 3.05) is 25.7 Å². The summed E-state index contributed by atoms with van der Waals surface area (Å²) in [4.78, 5) is 14.5. The Kier molecular flexibility index (Phi) is 9.07. The largest absolute Gasteiger partial charge is 0.497 e. The average Bonchev–Trinajstić information content (AvgIpc) is 3.21. The highest BCUT2D eigenvalue weighted by Crippen LogP contribution is 2.23. The molecule has 0 saturated carbocycles. The third-order valence-corrected chi connectivity index (χ3v) is 5.31. The number of hydrogen-bond acceptors (Lipinski definition) is 5. The van der Waals surface area contributed by atoms with Crippen LogP contribution in [0.1, 0.15) is 30.6 Å². The smallest absolute Gasteiger partial charge is 0.305 e. The normalized spacial score (nSPS) is 10.3. The maximum absolute atomic E-state index is 11.1. The first kappa shape index (κ1) is 21.2.